The molecule has 3 aromatic rings. The predicted molar refractivity (Wildman–Crippen MR) is 104 cm³/mol. The van der Waals surface area contributed by atoms with Crippen molar-refractivity contribution in [3.8, 4) is 11.1 Å². The Kier molecular flexibility index (Phi) is 4.80. The Morgan fingerprint density at radius 3 is 2.46 bits per heavy atom. The van der Waals surface area contributed by atoms with E-state index in [1.165, 1.54) is 11.9 Å². The van der Waals surface area contributed by atoms with E-state index in [1.54, 1.807) is 10.8 Å². The average molecular weight is 384 g/mol. The van der Waals surface area contributed by atoms with Crippen LogP contribution in [-0.2, 0) is 4.74 Å². The minimum Gasteiger partial charge on any atom is -0.394 e. The number of aliphatic hydroxyl groups is 3. The number of anilines is 1. The van der Waals surface area contributed by atoms with Crippen molar-refractivity contribution in [2.75, 3.05) is 12.3 Å². The van der Waals surface area contributed by atoms with Crippen LogP contribution in [0.25, 0.3) is 22.2 Å². The second-order valence-corrected chi connectivity index (χ2v) is 7.41. The van der Waals surface area contributed by atoms with Gasteiger partial charge in [-0.25, -0.2) is 9.97 Å². The van der Waals surface area contributed by atoms with Crippen LogP contribution in [0.5, 0.6) is 0 Å². The van der Waals surface area contributed by atoms with E-state index in [2.05, 4.69) is 35.9 Å². The fourth-order valence-corrected chi connectivity index (χ4v) is 3.68. The first kappa shape index (κ1) is 18.8. The van der Waals surface area contributed by atoms with Gasteiger partial charge in [-0.3, -0.25) is 0 Å². The number of nitrogens with zero attached hydrogens (tertiary/aromatic N) is 3. The fourth-order valence-electron chi connectivity index (χ4n) is 3.68. The van der Waals surface area contributed by atoms with Gasteiger partial charge in [0, 0.05) is 11.8 Å². The number of ether oxygens (including phenoxy) is 1. The van der Waals surface area contributed by atoms with Crippen LogP contribution >= 0.6 is 0 Å². The Morgan fingerprint density at radius 1 is 1.14 bits per heavy atom. The number of benzene rings is 1. The summed E-state index contributed by atoms with van der Waals surface area (Å²) in [6.07, 6.45) is -1.03. The van der Waals surface area contributed by atoms with Crippen molar-refractivity contribution in [3.63, 3.8) is 0 Å². The predicted octanol–water partition coefficient (Wildman–Crippen LogP) is 1.42. The summed E-state index contributed by atoms with van der Waals surface area (Å²) >= 11 is 0. The highest BCUT2D eigenvalue weighted by molar-refractivity contribution is 6.00. The van der Waals surface area contributed by atoms with Crippen molar-refractivity contribution in [3.05, 3.63) is 42.4 Å². The second-order valence-electron chi connectivity index (χ2n) is 7.41. The molecular formula is C20H24N4O4. The maximum absolute atomic E-state index is 10.4. The highest BCUT2D eigenvalue weighted by Crippen LogP contribution is 2.38. The molecule has 1 aliphatic rings. The van der Waals surface area contributed by atoms with Crippen LogP contribution in [0.2, 0.25) is 0 Å². The molecule has 0 spiro atoms. The van der Waals surface area contributed by atoms with Crippen molar-refractivity contribution < 1.29 is 20.1 Å². The summed E-state index contributed by atoms with van der Waals surface area (Å²) in [4.78, 5) is 8.43. The summed E-state index contributed by atoms with van der Waals surface area (Å²) in [7, 11) is 0. The summed E-state index contributed by atoms with van der Waals surface area (Å²) < 4.78 is 7.32. The Morgan fingerprint density at radius 2 is 1.86 bits per heavy atom. The SMILES string of the molecule is CC(C)c1ccc(-c2cn([C@@H]3O[C@H](CO)[C@@H](O)[C@H]3O)c3ncnc(N)c23)cc1. The van der Waals surface area contributed by atoms with Gasteiger partial charge in [-0.15, -0.1) is 0 Å². The first-order valence-corrected chi connectivity index (χ1v) is 9.26. The molecule has 3 heterocycles. The fraction of sp³-hybridized carbons (Fsp3) is 0.400. The van der Waals surface area contributed by atoms with Crippen molar-refractivity contribution in [2.45, 2.75) is 44.3 Å². The zero-order valence-corrected chi connectivity index (χ0v) is 15.7. The number of hydrogen-bond acceptors (Lipinski definition) is 7. The molecule has 8 nitrogen and oxygen atoms in total. The van der Waals surface area contributed by atoms with Gasteiger partial charge in [-0.1, -0.05) is 38.1 Å². The first-order valence-electron chi connectivity index (χ1n) is 9.26. The molecule has 0 amide bonds. The largest absolute Gasteiger partial charge is 0.394 e. The molecule has 2 aromatic heterocycles. The molecule has 0 radical (unpaired) electrons. The van der Waals surface area contributed by atoms with Crippen LogP contribution in [-0.4, -0.2) is 54.8 Å². The summed E-state index contributed by atoms with van der Waals surface area (Å²) in [5, 5.41) is 30.6. The van der Waals surface area contributed by atoms with Gasteiger partial charge in [0.25, 0.3) is 0 Å². The van der Waals surface area contributed by atoms with Crippen molar-refractivity contribution >= 4 is 16.9 Å². The lowest BCUT2D eigenvalue weighted by molar-refractivity contribution is -0.0508. The standard InChI is InChI=1S/C20H24N4O4/c1-10(2)11-3-5-12(6-4-11)13-7-24(19-15(13)18(21)22-9-23-19)20-17(27)16(26)14(8-25)28-20/h3-7,9-10,14,16-17,20,25-27H,8H2,1-2H3,(H2,21,22,23)/t14-,16-,17-,20-/m1/s1. The maximum Gasteiger partial charge on any atom is 0.164 e. The van der Waals surface area contributed by atoms with Gasteiger partial charge in [-0.05, 0) is 17.0 Å². The highest BCUT2D eigenvalue weighted by Gasteiger charge is 2.44. The zero-order chi connectivity index (χ0) is 20.0. The Balaban J connectivity index is 1.85. The van der Waals surface area contributed by atoms with E-state index in [0.29, 0.717) is 22.8 Å². The first-order chi connectivity index (χ1) is 13.4. The quantitative estimate of drug-likeness (QED) is 0.536. The van der Waals surface area contributed by atoms with Gasteiger partial charge in [0.1, 0.15) is 36.1 Å². The molecule has 1 saturated heterocycles. The van der Waals surface area contributed by atoms with Gasteiger partial charge in [0.05, 0.1) is 12.0 Å². The Labute approximate surface area is 162 Å². The number of nitrogens with two attached hydrogens (primary N) is 1. The lowest BCUT2D eigenvalue weighted by Crippen LogP contribution is -2.33. The van der Waals surface area contributed by atoms with Gasteiger partial charge >= 0.3 is 0 Å². The van der Waals surface area contributed by atoms with E-state index < -0.39 is 31.1 Å². The lowest BCUT2D eigenvalue weighted by atomic mass is 9.99. The Hall–Kier alpha value is -2.52. The van der Waals surface area contributed by atoms with Crippen LogP contribution in [0.15, 0.2) is 36.8 Å². The summed E-state index contributed by atoms with van der Waals surface area (Å²) in [5.41, 5.74) is 9.59. The van der Waals surface area contributed by atoms with Gasteiger partial charge in [0.2, 0.25) is 0 Å². The molecule has 0 saturated carbocycles. The van der Waals surface area contributed by atoms with Gasteiger partial charge < -0.3 is 30.4 Å². The minimum atomic E-state index is -1.21. The second kappa shape index (κ2) is 7.14. The van der Waals surface area contributed by atoms with Crippen LogP contribution < -0.4 is 5.73 Å². The van der Waals surface area contributed by atoms with Crippen molar-refractivity contribution in [1.82, 2.24) is 14.5 Å². The van der Waals surface area contributed by atoms with E-state index in [4.69, 9.17) is 10.5 Å². The van der Waals surface area contributed by atoms with E-state index in [9.17, 15) is 15.3 Å². The molecule has 4 atom stereocenters. The Bertz CT molecular complexity index is 986. The third kappa shape index (κ3) is 2.94. The molecule has 8 heteroatoms. The number of fused-ring (bicyclic) bond motifs is 1. The smallest absolute Gasteiger partial charge is 0.164 e. The molecule has 5 N–H and O–H groups in total. The molecular weight excluding hydrogens is 360 g/mol. The lowest BCUT2D eigenvalue weighted by Gasteiger charge is -2.17. The molecule has 1 aromatic carbocycles. The molecule has 1 aliphatic heterocycles. The normalized spacial score (nSPS) is 25.1. The van der Waals surface area contributed by atoms with Crippen LogP contribution in [0.3, 0.4) is 0 Å². The monoisotopic (exact) mass is 384 g/mol. The molecule has 0 unspecified atom stereocenters. The minimum absolute atomic E-state index is 0.318. The number of rotatable bonds is 4. The van der Waals surface area contributed by atoms with E-state index >= 15 is 0 Å². The topological polar surface area (TPSA) is 127 Å². The maximum atomic E-state index is 10.4. The van der Waals surface area contributed by atoms with Crippen LogP contribution in [0.1, 0.15) is 31.6 Å². The zero-order valence-electron chi connectivity index (χ0n) is 15.7. The number of aromatic nitrogens is 3. The summed E-state index contributed by atoms with van der Waals surface area (Å²) in [5.74, 6) is 0.737. The van der Waals surface area contributed by atoms with E-state index in [1.807, 2.05) is 12.1 Å². The van der Waals surface area contributed by atoms with Gasteiger partial charge in [-0.2, -0.15) is 0 Å². The van der Waals surface area contributed by atoms with Crippen molar-refractivity contribution in [1.29, 1.82) is 0 Å². The van der Waals surface area contributed by atoms with E-state index in [0.717, 1.165) is 11.1 Å². The molecule has 28 heavy (non-hydrogen) atoms. The van der Waals surface area contributed by atoms with Crippen LogP contribution in [0.4, 0.5) is 5.82 Å². The third-order valence-corrected chi connectivity index (χ3v) is 5.32. The molecule has 4 rings (SSSR count). The van der Waals surface area contributed by atoms with Gasteiger partial charge in [0.15, 0.2) is 6.23 Å². The average Bonchev–Trinajstić information content (AvgIpc) is 3.21. The van der Waals surface area contributed by atoms with E-state index in [-0.39, 0.29) is 0 Å². The summed E-state index contributed by atoms with van der Waals surface area (Å²) in [6.45, 7) is 3.87. The highest BCUT2D eigenvalue weighted by atomic mass is 16.6. The molecule has 0 aliphatic carbocycles. The summed E-state index contributed by atoms with van der Waals surface area (Å²) in [6, 6.07) is 8.15. The molecule has 0 bridgehead atoms. The number of nitrogen functional groups attached to an aromatic ring is 1. The third-order valence-electron chi connectivity index (χ3n) is 5.32. The number of hydrogen-bond donors (Lipinski definition) is 4. The molecule has 148 valence electrons. The molecule has 1 fully saturated rings. The van der Waals surface area contributed by atoms with Crippen LogP contribution in [0, 0.1) is 0 Å². The number of aliphatic hydroxyl groups excluding tert-OH is 3. The van der Waals surface area contributed by atoms with Crippen molar-refractivity contribution in [2.24, 2.45) is 0 Å².